The van der Waals surface area contributed by atoms with E-state index in [2.05, 4.69) is 19.2 Å². The molecule has 1 heteroatoms. The number of nitrogens with one attached hydrogen (secondary N) is 1. The van der Waals surface area contributed by atoms with E-state index in [4.69, 9.17) is 0 Å². The minimum atomic E-state index is 0.917. The molecule has 2 aliphatic rings. The highest BCUT2D eigenvalue weighted by atomic mass is 14.9. The Bertz CT molecular complexity index is 130. The van der Waals surface area contributed by atoms with E-state index in [1.165, 1.54) is 25.9 Å². The molecular weight excluding hydrogens is 134 g/mol. The molecular formula is C10H19N. The van der Waals surface area contributed by atoms with Crippen molar-refractivity contribution in [2.24, 2.45) is 23.7 Å². The van der Waals surface area contributed by atoms with Crippen molar-refractivity contribution in [1.29, 1.82) is 0 Å². The summed E-state index contributed by atoms with van der Waals surface area (Å²) in [5.41, 5.74) is 0. The number of fused-ring (bicyclic) bond motifs is 1. The van der Waals surface area contributed by atoms with Crippen LogP contribution >= 0.6 is 0 Å². The third kappa shape index (κ3) is 1.31. The summed E-state index contributed by atoms with van der Waals surface area (Å²) < 4.78 is 0. The fourth-order valence-electron chi connectivity index (χ4n) is 2.76. The van der Waals surface area contributed by atoms with Crippen molar-refractivity contribution in [2.75, 3.05) is 13.1 Å². The molecule has 1 aliphatic carbocycles. The van der Waals surface area contributed by atoms with Crippen molar-refractivity contribution in [2.45, 2.75) is 26.7 Å². The first-order chi connectivity index (χ1) is 5.27. The zero-order chi connectivity index (χ0) is 7.84. The summed E-state index contributed by atoms with van der Waals surface area (Å²) in [7, 11) is 0. The first-order valence-corrected chi connectivity index (χ1v) is 4.98. The average Bonchev–Trinajstić information content (AvgIpc) is 2.40. The van der Waals surface area contributed by atoms with Gasteiger partial charge in [0.25, 0.3) is 0 Å². The Morgan fingerprint density at radius 3 is 2.09 bits per heavy atom. The molecule has 1 nitrogen and oxygen atoms in total. The minimum Gasteiger partial charge on any atom is -0.316 e. The Labute approximate surface area is 69.6 Å². The van der Waals surface area contributed by atoms with Gasteiger partial charge in [0.2, 0.25) is 0 Å². The molecule has 0 spiro atoms. The summed E-state index contributed by atoms with van der Waals surface area (Å²) in [6, 6.07) is 0. The van der Waals surface area contributed by atoms with Gasteiger partial charge >= 0.3 is 0 Å². The molecule has 1 N–H and O–H groups in total. The Balaban J connectivity index is 1.94. The first-order valence-electron chi connectivity index (χ1n) is 4.98. The standard InChI is InChI=1S/C10H19N/c1-7(2)8-3-9-5-11-6-10(9)4-8/h7-11H,3-6H2,1-2H3/t8?,9-,10+. The molecule has 0 amide bonds. The van der Waals surface area contributed by atoms with E-state index < -0.39 is 0 Å². The normalized spacial score (nSPS) is 43.4. The quantitative estimate of drug-likeness (QED) is 0.606. The molecule has 11 heavy (non-hydrogen) atoms. The van der Waals surface area contributed by atoms with E-state index in [9.17, 15) is 0 Å². The van der Waals surface area contributed by atoms with Crippen LogP contribution < -0.4 is 5.32 Å². The molecule has 0 aromatic heterocycles. The molecule has 0 aromatic rings. The summed E-state index contributed by atoms with van der Waals surface area (Å²) in [5.74, 6) is 4.01. The molecule has 0 radical (unpaired) electrons. The highest BCUT2D eigenvalue weighted by Crippen LogP contribution is 2.41. The maximum atomic E-state index is 3.48. The predicted octanol–water partition coefficient (Wildman–Crippen LogP) is 1.89. The minimum absolute atomic E-state index is 0.917. The zero-order valence-corrected chi connectivity index (χ0v) is 7.64. The molecule has 0 bridgehead atoms. The van der Waals surface area contributed by atoms with Crippen molar-refractivity contribution < 1.29 is 0 Å². The molecule has 1 saturated heterocycles. The molecule has 2 fully saturated rings. The van der Waals surface area contributed by atoms with Crippen LogP contribution in [0.15, 0.2) is 0 Å². The van der Waals surface area contributed by atoms with Crippen LogP contribution in [-0.2, 0) is 0 Å². The van der Waals surface area contributed by atoms with Crippen molar-refractivity contribution in [1.82, 2.24) is 5.32 Å². The van der Waals surface area contributed by atoms with Gasteiger partial charge in [-0.1, -0.05) is 13.8 Å². The Hall–Kier alpha value is -0.0400. The molecule has 1 unspecified atom stereocenters. The average molecular weight is 153 g/mol. The van der Waals surface area contributed by atoms with E-state index in [1.807, 2.05) is 0 Å². The van der Waals surface area contributed by atoms with Crippen LogP contribution in [0.5, 0.6) is 0 Å². The monoisotopic (exact) mass is 153 g/mol. The Kier molecular flexibility index (Phi) is 1.92. The van der Waals surface area contributed by atoms with Gasteiger partial charge in [0.05, 0.1) is 0 Å². The van der Waals surface area contributed by atoms with Gasteiger partial charge in [-0.2, -0.15) is 0 Å². The molecule has 1 saturated carbocycles. The van der Waals surface area contributed by atoms with Gasteiger partial charge < -0.3 is 5.32 Å². The highest BCUT2D eigenvalue weighted by molar-refractivity contribution is 4.91. The molecule has 2 rings (SSSR count). The molecule has 1 heterocycles. The van der Waals surface area contributed by atoms with Gasteiger partial charge in [0.1, 0.15) is 0 Å². The molecule has 1 aliphatic heterocycles. The first kappa shape index (κ1) is 7.60. The second kappa shape index (κ2) is 2.78. The van der Waals surface area contributed by atoms with E-state index in [0.29, 0.717) is 0 Å². The van der Waals surface area contributed by atoms with Crippen molar-refractivity contribution in [3.8, 4) is 0 Å². The largest absolute Gasteiger partial charge is 0.316 e. The molecule has 64 valence electrons. The van der Waals surface area contributed by atoms with E-state index >= 15 is 0 Å². The second-order valence-electron chi connectivity index (χ2n) is 4.65. The van der Waals surface area contributed by atoms with Crippen molar-refractivity contribution in [3.63, 3.8) is 0 Å². The lowest BCUT2D eigenvalue weighted by atomic mass is 9.93. The van der Waals surface area contributed by atoms with E-state index in [1.54, 1.807) is 0 Å². The van der Waals surface area contributed by atoms with Gasteiger partial charge in [-0.05, 0) is 49.6 Å². The van der Waals surface area contributed by atoms with E-state index in [0.717, 1.165) is 23.7 Å². The summed E-state index contributed by atoms with van der Waals surface area (Å²) in [4.78, 5) is 0. The lowest BCUT2D eigenvalue weighted by Gasteiger charge is -2.14. The number of hydrogen-bond donors (Lipinski definition) is 1. The zero-order valence-electron chi connectivity index (χ0n) is 7.64. The lowest BCUT2D eigenvalue weighted by Crippen LogP contribution is -2.14. The van der Waals surface area contributed by atoms with Crippen LogP contribution in [0.4, 0.5) is 0 Å². The van der Waals surface area contributed by atoms with Crippen LogP contribution in [0, 0.1) is 23.7 Å². The number of rotatable bonds is 1. The predicted molar refractivity (Wildman–Crippen MR) is 47.4 cm³/mol. The third-order valence-corrected chi connectivity index (χ3v) is 3.63. The maximum absolute atomic E-state index is 3.48. The van der Waals surface area contributed by atoms with Crippen LogP contribution in [0.2, 0.25) is 0 Å². The van der Waals surface area contributed by atoms with Gasteiger partial charge in [0, 0.05) is 0 Å². The SMILES string of the molecule is CC(C)C1C[C@H]2CNC[C@H]2C1. The molecule has 3 atom stereocenters. The smallest absolute Gasteiger partial charge is 0.00172 e. The summed E-state index contributed by atoms with van der Waals surface area (Å²) >= 11 is 0. The van der Waals surface area contributed by atoms with E-state index in [-0.39, 0.29) is 0 Å². The van der Waals surface area contributed by atoms with Gasteiger partial charge in [-0.3, -0.25) is 0 Å². The summed E-state index contributed by atoms with van der Waals surface area (Å²) in [6.07, 6.45) is 2.99. The highest BCUT2D eigenvalue weighted by Gasteiger charge is 2.37. The van der Waals surface area contributed by atoms with Gasteiger partial charge in [-0.15, -0.1) is 0 Å². The molecule has 0 aromatic carbocycles. The summed E-state index contributed by atoms with van der Waals surface area (Å²) in [6.45, 7) is 7.35. The fraction of sp³-hybridized carbons (Fsp3) is 1.00. The number of hydrogen-bond acceptors (Lipinski definition) is 1. The van der Waals surface area contributed by atoms with Crippen LogP contribution in [0.1, 0.15) is 26.7 Å². The van der Waals surface area contributed by atoms with Crippen LogP contribution in [0.25, 0.3) is 0 Å². The van der Waals surface area contributed by atoms with Gasteiger partial charge in [-0.25, -0.2) is 0 Å². The van der Waals surface area contributed by atoms with Crippen LogP contribution in [0.3, 0.4) is 0 Å². The van der Waals surface area contributed by atoms with Crippen molar-refractivity contribution in [3.05, 3.63) is 0 Å². The third-order valence-electron chi connectivity index (χ3n) is 3.63. The second-order valence-corrected chi connectivity index (χ2v) is 4.65. The van der Waals surface area contributed by atoms with Gasteiger partial charge in [0.15, 0.2) is 0 Å². The Morgan fingerprint density at radius 1 is 1.09 bits per heavy atom. The summed E-state index contributed by atoms with van der Waals surface area (Å²) in [5, 5.41) is 3.48. The Morgan fingerprint density at radius 2 is 1.64 bits per heavy atom. The fourth-order valence-corrected chi connectivity index (χ4v) is 2.76. The van der Waals surface area contributed by atoms with Crippen LogP contribution in [-0.4, -0.2) is 13.1 Å². The topological polar surface area (TPSA) is 12.0 Å². The maximum Gasteiger partial charge on any atom is -0.00172 e. The lowest BCUT2D eigenvalue weighted by molar-refractivity contribution is 0.369. The van der Waals surface area contributed by atoms with Crippen molar-refractivity contribution >= 4 is 0 Å².